The summed E-state index contributed by atoms with van der Waals surface area (Å²) in [5.41, 5.74) is 1.54. The van der Waals surface area contributed by atoms with Gasteiger partial charge in [-0.05, 0) is 31.5 Å². The van der Waals surface area contributed by atoms with Gasteiger partial charge in [0, 0.05) is 31.9 Å². The summed E-state index contributed by atoms with van der Waals surface area (Å²) in [6.45, 7) is 3.88. The van der Waals surface area contributed by atoms with Crippen LogP contribution in [0.15, 0.2) is 29.3 Å². The summed E-state index contributed by atoms with van der Waals surface area (Å²) in [4.78, 5) is 15.5. The van der Waals surface area contributed by atoms with Crippen molar-refractivity contribution in [2.45, 2.75) is 39.0 Å². The quantitative estimate of drug-likeness (QED) is 0.466. The van der Waals surface area contributed by atoms with E-state index in [4.69, 9.17) is 0 Å². The number of urea groups is 1. The number of carbonyl (C=O) groups is 1. The first-order valence-electron chi connectivity index (χ1n) is 7.87. The number of hydrogen-bond donors (Lipinski definition) is 4. The summed E-state index contributed by atoms with van der Waals surface area (Å²) in [5.74, 6) is 0.294. The van der Waals surface area contributed by atoms with Crippen LogP contribution in [0.4, 0.5) is 23.7 Å². The molecular weight excluding hydrogens is 335 g/mol. The highest BCUT2D eigenvalue weighted by Crippen LogP contribution is 2.18. The largest absolute Gasteiger partial charge is 0.390 e. The highest BCUT2D eigenvalue weighted by atomic mass is 19.4. The zero-order chi connectivity index (χ0) is 18.9. The van der Waals surface area contributed by atoms with E-state index in [0.29, 0.717) is 18.2 Å². The van der Waals surface area contributed by atoms with Crippen molar-refractivity contribution in [3.05, 3.63) is 29.8 Å². The monoisotopic (exact) mass is 359 g/mol. The SMILES string of the molecule is CN=C(NCCC(F)(F)F)NCc1ccc(NC(=O)NC(C)C)cc1. The van der Waals surface area contributed by atoms with E-state index in [2.05, 4.69) is 26.3 Å². The maximum absolute atomic E-state index is 12.1. The number of hydrogen-bond acceptors (Lipinski definition) is 2. The molecule has 4 N–H and O–H groups in total. The third kappa shape index (κ3) is 9.43. The molecule has 1 rings (SSSR count). The molecule has 0 saturated heterocycles. The lowest BCUT2D eigenvalue weighted by molar-refractivity contribution is -0.132. The van der Waals surface area contributed by atoms with Crippen LogP contribution < -0.4 is 21.3 Å². The number of alkyl halides is 3. The average molecular weight is 359 g/mol. The zero-order valence-electron chi connectivity index (χ0n) is 14.5. The van der Waals surface area contributed by atoms with Gasteiger partial charge in [0.25, 0.3) is 0 Å². The molecule has 0 radical (unpaired) electrons. The highest BCUT2D eigenvalue weighted by Gasteiger charge is 2.26. The molecule has 0 heterocycles. The van der Waals surface area contributed by atoms with Crippen LogP contribution in [0.25, 0.3) is 0 Å². The fourth-order valence-electron chi connectivity index (χ4n) is 1.86. The van der Waals surface area contributed by atoms with E-state index >= 15 is 0 Å². The van der Waals surface area contributed by atoms with Crippen LogP contribution in [0.3, 0.4) is 0 Å². The van der Waals surface area contributed by atoms with Gasteiger partial charge in [0.15, 0.2) is 5.96 Å². The van der Waals surface area contributed by atoms with E-state index in [-0.39, 0.29) is 18.6 Å². The normalized spacial score (nSPS) is 12.0. The highest BCUT2D eigenvalue weighted by molar-refractivity contribution is 5.89. The molecule has 0 atom stereocenters. The molecule has 25 heavy (non-hydrogen) atoms. The zero-order valence-corrected chi connectivity index (χ0v) is 14.5. The van der Waals surface area contributed by atoms with Gasteiger partial charge in [-0.2, -0.15) is 13.2 Å². The predicted molar refractivity (Wildman–Crippen MR) is 92.6 cm³/mol. The van der Waals surface area contributed by atoms with Gasteiger partial charge in [-0.15, -0.1) is 0 Å². The molecule has 0 aliphatic rings. The second-order valence-corrected chi connectivity index (χ2v) is 5.67. The van der Waals surface area contributed by atoms with Crippen molar-refractivity contribution >= 4 is 17.7 Å². The Balaban J connectivity index is 2.42. The van der Waals surface area contributed by atoms with Gasteiger partial charge >= 0.3 is 12.2 Å². The molecule has 1 aromatic carbocycles. The van der Waals surface area contributed by atoms with E-state index in [9.17, 15) is 18.0 Å². The molecule has 0 aromatic heterocycles. The Morgan fingerprint density at radius 2 is 1.80 bits per heavy atom. The molecule has 0 bridgehead atoms. The van der Waals surface area contributed by atoms with Crippen molar-refractivity contribution in [1.29, 1.82) is 0 Å². The second kappa shape index (κ2) is 9.75. The van der Waals surface area contributed by atoms with Crippen molar-refractivity contribution in [3.63, 3.8) is 0 Å². The third-order valence-electron chi connectivity index (χ3n) is 3.02. The lowest BCUT2D eigenvalue weighted by atomic mass is 10.2. The molecule has 1 aromatic rings. The fourth-order valence-corrected chi connectivity index (χ4v) is 1.86. The van der Waals surface area contributed by atoms with E-state index in [0.717, 1.165) is 5.56 Å². The molecule has 6 nitrogen and oxygen atoms in total. The lowest BCUT2D eigenvalue weighted by Crippen LogP contribution is -2.38. The number of rotatable bonds is 6. The number of carbonyl (C=O) groups excluding carboxylic acids is 1. The van der Waals surface area contributed by atoms with Crippen molar-refractivity contribution in [1.82, 2.24) is 16.0 Å². The molecule has 0 saturated carbocycles. The maximum atomic E-state index is 12.1. The second-order valence-electron chi connectivity index (χ2n) is 5.67. The first-order chi connectivity index (χ1) is 11.7. The summed E-state index contributed by atoms with van der Waals surface area (Å²) >= 11 is 0. The van der Waals surface area contributed by atoms with Crippen LogP contribution in [0.5, 0.6) is 0 Å². The summed E-state index contributed by atoms with van der Waals surface area (Å²) in [6, 6.07) is 6.87. The molecule has 2 amide bonds. The Labute approximate surface area is 145 Å². The van der Waals surface area contributed by atoms with Crippen molar-refractivity contribution < 1.29 is 18.0 Å². The minimum absolute atomic E-state index is 0.0417. The van der Waals surface area contributed by atoms with E-state index in [1.54, 1.807) is 24.3 Å². The molecule has 9 heteroatoms. The van der Waals surface area contributed by atoms with Gasteiger partial charge in [-0.1, -0.05) is 12.1 Å². The number of aliphatic imine (C=N–C) groups is 1. The van der Waals surface area contributed by atoms with Crippen molar-refractivity contribution in [3.8, 4) is 0 Å². The summed E-state index contributed by atoms with van der Waals surface area (Å²) in [5, 5.41) is 11.0. The van der Waals surface area contributed by atoms with E-state index in [1.165, 1.54) is 7.05 Å². The predicted octanol–water partition coefficient (Wildman–Crippen LogP) is 2.83. The van der Waals surface area contributed by atoms with Crippen molar-refractivity contribution in [2.24, 2.45) is 4.99 Å². The van der Waals surface area contributed by atoms with Gasteiger partial charge in [0.1, 0.15) is 0 Å². The summed E-state index contributed by atoms with van der Waals surface area (Å²) in [7, 11) is 1.49. The Morgan fingerprint density at radius 1 is 1.16 bits per heavy atom. The van der Waals surface area contributed by atoms with Crippen LogP contribution >= 0.6 is 0 Å². The van der Waals surface area contributed by atoms with E-state index in [1.807, 2.05) is 13.8 Å². The number of nitrogens with one attached hydrogen (secondary N) is 4. The van der Waals surface area contributed by atoms with Gasteiger partial charge in [0.05, 0.1) is 6.42 Å². The van der Waals surface area contributed by atoms with Gasteiger partial charge in [-0.25, -0.2) is 4.79 Å². The molecule has 140 valence electrons. The number of halogens is 3. The van der Waals surface area contributed by atoms with Gasteiger partial charge < -0.3 is 21.3 Å². The molecule has 0 aliphatic carbocycles. The van der Waals surface area contributed by atoms with Crippen LogP contribution in [0.2, 0.25) is 0 Å². The summed E-state index contributed by atoms with van der Waals surface area (Å²) < 4.78 is 36.4. The van der Waals surface area contributed by atoms with Gasteiger partial charge in [-0.3, -0.25) is 4.99 Å². The minimum atomic E-state index is -4.20. The fraction of sp³-hybridized carbons (Fsp3) is 0.500. The molecular formula is C16H24F3N5O. The molecule has 0 unspecified atom stereocenters. The molecule has 0 aliphatic heterocycles. The number of benzene rings is 1. The van der Waals surface area contributed by atoms with Crippen molar-refractivity contribution in [2.75, 3.05) is 18.9 Å². The maximum Gasteiger partial charge on any atom is 0.390 e. The number of amides is 2. The number of nitrogens with zero attached hydrogens (tertiary/aromatic N) is 1. The number of anilines is 1. The Bertz CT molecular complexity index is 570. The minimum Gasteiger partial charge on any atom is -0.356 e. The summed E-state index contributed by atoms with van der Waals surface area (Å²) in [6.07, 6.45) is -5.12. The number of guanidine groups is 1. The Morgan fingerprint density at radius 3 is 2.32 bits per heavy atom. The third-order valence-corrected chi connectivity index (χ3v) is 3.02. The lowest BCUT2D eigenvalue weighted by Gasteiger charge is -2.13. The Kier molecular flexibility index (Phi) is 8.03. The first-order valence-corrected chi connectivity index (χ1v) is 7.87. The van der Waals surface area contributed by atoms with Gasteiger partial charge in [0.2, 0.25) is 0 Å². The first kappa shape index (κ1) is 20.6. The molecule has 0 spiro atoms. The van der Waals surface area contributed by atoms with Crippen LogP contribution in [-0.2, 0) is 6.54 Å². The Hall–Kier alpha value is -2.45. The standard InChI is InChI=1S/C16H24F3N5O/c1-11(2)23-15(25)24-13-6-4-12(5-7-13)10-22-14(20-3)21-9-8-16(17,18)19/h4-7,11H,8-10H2,1-3H3,(H2,20,21,22)(H2,23,24,25). The topological polar surface area (TPSA) is 77.6 Å². The van der Waals surface area contributed by atoms with Crippen LogP contribution in [0, 0.1) is 0 Å². The smallest absolute Gasteiger partial charge is 0.356 e. The van der Waals surface area contributed by atoms with Crippen LogP contribution in [0.1, 0.15) is 25.8 Å². The van der Waals surface area contributed by atoms with Crippen LogP contribution in [-0.4, -0.2) is 37.8 Å². The average Bonchev–Trinajstić information content (AvgIpc) is 2.50. The van der Waals surface area contributed by atoms with E-state index < -0.39 is 12.6 Å². The molecule has 0 fully saturated rings.